The van der Waals surface area contributed by atoms with Crippen molar-refractivity contribution in [3.8, 4) is 0 Å². The Morgan fingerprint density at radius 1 is 1.47 bits per heavy atom. The van der Waals surface area contributed by atoms with Crippen LogP contribution in [0.3, 0.4) is 0 Å². The van der Waals surface area contributed by atoms with Crippen molar-refractivity contribution in [2.24, 2.45) is 5.92 Å². The molecule has 0 spiro atoms. The molecule has 108 valence electrons. The van der Waals surface area contributed by atoms with Crippen LogP contribution in [-0.4, -0.2) is 37.0 Å². The molecule has 0 aromatic carbocycles. The second-order valence-electron chi connectivity index (χ2n) is 4.18. The average Bonchev–Trinajstić information content (AvgIpc) is 2.76. The van der Waals surface area contributed by atoms with Gasteiger partial charge in [-0.25, -0.2) is 13.4 Å². The first kappa shape index (κ1) is 15.0. The van der Waals surface area contributed by atoms with E-state index in [1.807, 2.05) is 0 Å². The maximum absolute atomic E-state index is 12.7. The third kappa shape index (κ3) is 3.21. The third-order valence-electron chi connectivity index (χ3n) is 2.90. The highest BCUT2D eigenvalue weighted by atomic mass is 35.5. The molecule has 1 fully saturated rings. The molecule has 1 aromatic heterocycles. The van der Waals surface area contributed by atoms with Gasteiger partial charge in [-0.05, 0) is 12.8 Å². The normalized spacial score (nSPS) is 22.6. The highest BCUT2D eigenvalue weighted by Gasteiger charge is 2.44. The van der Waals surface area contributed by atoms with Gasteiger partial charge in [-0.15, -0.1) is 0 Å². The van der Waals surface area contributed by atoms with E-state index in [1.165, 1.54) is 0 Å². The molecule has 2 rings (SSSR count). The molecule has 1 aromatic rings. The minimum Gasteiger partial charge on any atom is -0.232 e. The summed E-state index contributed by atoms with van der Waals surface area (Å²) in [5.41, 5.74) is 0. The molecule has 0 saturated carbocycles. The number of halogens is 4. The molecule has 1 aliphatic heterocycles. The molecule has 0 aliphatic carbocycles. The van der Waals surface area contributed by atoms with Crippen LogP contribution >= 0.6 is 22.9 Å². The van der Waals surface area contributed by atoms with E-state index in [1.54, 1.807) is 0 Å². The van der Waals surface area contributed by atoms with Crippen LogP contribution in [0.25, 0.3) is 0 Å². The fourth-order valence-electron chi connectivity index (χ4n) is 1.91. The summed E-state index contributed by atoms with van der Waals surface area (Å²) >= 11 is 6.29. The number of sulfonamides is 1. The molecule has 10 heteroatoms. The van der Waals surface area contributed by atoms with Gasteiger partial charge < -0.3 is 0 Å². The van der Waals surface area contributed by atoms with Crippen molar-refractivity contribution in [2.75, 3.05) is 13.1 Å². The summed E-state index contributed by atoms with van der Waals surface area (Å²) in [6.07, 6.45) is -3.16. The number of hydrogen-bond donors (Lipinski definition) is 0. The predicted molar refractivity (Wildman–Crippen MR) is 64.7 cm³/mol. The zero-order chi connectivity index (χ0) is 14.3. The Balaban J connectivity index is 2.22. The van der Waals surface area contributed by atoms with E-state index in [9.17, 15) is 21.6 Å². The predicted octanol–water partition coefficient (Wildman–Crippen LogP) is 2.76. The molecule has 4 nitrogen and oxygen atoms in total. The van der Waals surface area contributed by atoms with Gasteiger partial charge in [-0.2, -0.15) is 17.5 Å². The van der Waals surface area contributed by atoms with Crippen LogP contribution in [0.5, 0.6) is 0 Å². The Morgan fingerprint density at radius 2 is 2.16 bits per heavy atom. The average molecular weight is 335 g/mol. The Labute approximate surface area is 117 Å². The third-order valence-corrected chi connectivity index (χ3v) is 6.31. The number of nitrogens with zero attached hydrogens (tertiary/aromatic N) is 2. The lowest BCUT2D eigenvalue weighted by atomic mass is 9.99. The van der Waals surface area contributed by atoms with Gasteiger partial charge in [0.2, 0.25) is 0 Å². The van der Waals surface area contributed by atoms with E-state index in [0.717, 1.165) is 21.8 Å². The SMILES string of the molecule is O=S(=O)(c1cnc(Cl)s1)N1CCCC(C(F)(F)F)C1. The summed E-state index contributed by atoms with van der Waals surface area (Å²) in [6.45, 7) is -0.453. The topological polar surface area (TPSA) is 50.3 Å². The van der Waals surface area contributed by atoms with Gasteiger partial charge in [0.05, 0.1) is 12.1 Å². The van der Waals surface area contributed by atoms with Gasteiger partial charge in [0.25, 0.3) is 10.0 Å². The van der Waals surface area contributed by atoms with Crippen molar-refractivity contribution >= 4 is 33.0 Å². The van der Waals surface area contributed by atoms with Crippen molar-refractivity contribution in [2.45, 2.75) is 23.2 Å². The van der Waals surface area contributed by atoms with E-state index < -0.39 is 28.7 Å². The standard InChI is InChI=1S/C9H10ClF3N2O2S2/c10-8-14-4-7(18-8)19(16,17)15-3-1-2-6(5-15)9(11,12)13/h4,6H,1-3,5H2. The van der Waals surface area contributed by atoms with Gasteiger partial charge in [0.15, 0.2) is 8.68 Å². The van der Waals surface area contributed by atoms with Crippen LogP contribution in [0, 0.1) is 5.92 Å². The summed E-state index contributed by atoms with van der Waals surface area (Å²) in [6, 6.07) is 0. The lowest BCUT2D eigenvalue weighted by molar-refractivity contribution is -0.182. The van der Waals surface area contributed by atoms with Crippen LogP contribution in [0.2, 0.25) is 4.47 Å². The molecular weight excluding hydrogens is 325 g/mol. The van der Waals surface area contributed by atoms with Gasteiger partial charge in [-0.1, -0.05) is 22.9 Å². The lowest BCUT2D eigenvalue weighted by Gasteiger charge is -2.32. The van der Waals surface area contributed by atoms with Gasteiger partial charge in [0, 0.05) is 13.1 Å². The van der Waals surface area contributed by atoms with Crippen molar-refractivity contribution in [1.29, 1.82) is 0 Å². The Bertz CT molecular complexity index is 558. The largest absolute Gasteiger partial charge is 0.393 e. The first-order valence-corrected chi connectivity index (χ1v) is 8.03. The van der Waals surface area contributed by atoms with Gasteiger partial charge in [-0.3, -0.25) is 0 Å². The first-order valence-electron chi connectivity index (χ1n) is 5.39. The summed E-state index contributed by atoms with van der Waals surface area (Å²) in [5.74, 6) is -1.61. The molecule has 0 radical (unpaired) electrons. The number of rotatable bonds is 2. The molecular formula is C9H10ClF3N2O2S2. The molecule has 0 bridgehead atoms. The van der Waals surface area contributed by atoms with E-state index in [0.29, 0.717) is 0 Å². The number of piperidine rings is 1. The van der Waals surface area contributed by atoms with Gasteiger partial charge in [0.1, 0.15) is 0 Å². The van der Waals surface area contributed by atoms with E-state index in [2.05, 4.69) is 4.98 Å². The molecule has 1 aliphatic rings. The molecule has 2 heterocycles. The monoisotopic (exact) mass is 334 g/mol. The molecule has 0 N–H and O–H groups in total. The number of thiazole rings is 1. The minimum absolute atomic E-state index is 0.0427. The second kappa shape index (κ2) is 5.19. The zero-order valence-corrected chi connectivity index (χ0v) is 11.9. The highest BCUT2D eigenvalue weighted by molar-refractivity contribution is 7.91. The Morgan fingerprint density at radius 3 is 2.68 bits per heavy atom. The minimum atomic E-state index is -4.38. The maximum Gasteiger partial charge on any atom is 0.393 e. The number of alkyl halides is 3. The fraction of sp³-hybridized carbons (Fsp3) is 0.667. The van der Waals surface area contributed by atoms with E-state index in [4.69, 9.17) is 11.6 Å². The van der Waals surface area contributed by atoms with Crippen LogP contribution in [-0.2, 0) is 10.0 Å². The quantitative estimate of drug-likeness (QED) is 0.835. The molecule has 0 amide bonds. The summed E-state index contributed by atoms with van der Waals surface area (Å²) < 4.78 is 63.0. The van der Waals surface area contributed by atoms with Crippen molar-refractivity contribution in [3.05, 3.63) is 10.7 Å². The molecule has 19 heavy (non-hydrogen) atoms. The maximum atomic E-state index is 12.7. The van der Waals surface area contributed by atoms with E-state index >= 15 is 0 Å². The van der Waals surface area contributed by atoms with Crippen LogP contribution < -0.4 is 0 Å². The molecule has 1 atom stereocenters. The summed E-state index contributed by atoms with van der Waals surface area (Å²) in [4.78, 5) is 3.60. The summed E-state index contributed by atoms with van der Waals surface area (Å²) in [7, 11) is -3.93. The highest BCUT2D eigenvalue weighted by Crippen LogP contribution is 2.35. The number of aromatic nitrogens is 1. The molecule has 1 unspecified atom stereocenters. The van der Waals surface area contributed by atoms with Crippen molar-refractivity contribution < 1.29 is 21.6 Å². The van der Waals surface area contributed by atoms with Gasteiger partial charge >= 0.3 is 6.18 Å². The lowest BCUT2D eigenvalue weighted by Crippen LogP contribution is -2.44. The zero-order valence-electron chi connectivity index (χ0n) is 9.52. The Kier molecular flexibility index (Phi) is 4.10. The number of hydrogen-bond acceptors (Lipinski definition) is 4. The molecule has 1 saturated heterocycles. The van der Waals surface area contributed by atoms with Crippen LogP contribution in [0.15, 0.2) is 10.4 Å². The fourth-order valence-corrected chi connectivity index (χ4v) is 4.89. The second-order valence-corrected chi connectivity index (χ2v) is 7.95. The van der Waals surface area contributed by atoms with E-state index in [-0.39, 0.29) is 28.1 Å². The van der Waals surface area contributed by atoms with Crippen LogP contribution in [0.4, 0.5) is 13.2 Å². The van der Waals surface area contributed by atoms with Crippen molar-refractivity contribution in [1.82, 2.24) is 9.29 Å². The summed E-state index contributed by atoms with van der Waals surface area (Å²) in [5, 5.41) is 0. The van der Waals surface area contributed by atoms with Crippen molar-refractivity contribution in [3.63, 3.8) is 0 Å². The Hall–Kier alpha value is -0.380. The van der Waals surface area contributed by atoms with Crippen LogP contribution in [0.1, 0.15) is 12.8 Å². The first-order chi connectivity index (χ1) is 8.71. The smallest absolute Gasteiger partial charge is 0.232 e.